The number of benzene rings is 2. The fourth-order valence-corrected chi connectivity index (χ4v) is 5.42. The number of esters is 1. The number of rotatable bonds is 11. The molecule has 0 saturated carbocycles. The largest absolute Gasteiger partial charge is 0.507 e. The molecule has 1 amide bonds. The van der Waals surface area contributed by atoms with Crippen molar-refractivity contribution in [2.75, 3.05) is 25.2 Å². The van der Waals surface area contributed by atoms with E-state index >= 15 is 0 Å². The average molecular weight is 565 g/mol. The fourth-order valence-electron chi connectivity index (χ4n) is 4.44. The topological polar surface area (TPSA) is 115 Å². The SMILES string of the molecule is CCCCCOc1cccc(C2C(=C(O)c3ccc(OC)cc3)C(=O)C(=O)N2c2nc(C)c(C(=O)OCC)s2)c1. The molecular weight excluding hydrogens is 532 g/mol. The predicted octanol–water partition coefficient (Wildman–Crippen LogP) is 5.83. The highest BCUT2D eigenvalue weighted by Crippen LogP contribution is 2.44. The van der Waals surface area contributed by atoms with Crippen molar-refractivity contribution in [2.24, 2.45) is 0 Å². The zero-order valence-electron chi connectivity index (χ0n) is 22.9. The lowest BCUT2D eigenvalue weighted by Gasteiger charge is -2.23. The highest BCUT2D eigenvalue weighted by atomic mass is 32.1. The van der Waals surface area contributed by atoms with E-state index in [0.29, 0.717) is 34.9 Å². The fraction of sp³-hybridized carbons (Fsp3) is 0.333. The van der Waals surface area contributed by atoms with Gasteiger partial charge >= 0.3 is 11.9 Å². The van der Waals surface area contributed by atoms with E-state index in [4.69, 9.17) is 14.2 Å². The van der Waals surface area contributed by atoms with Crippen LogP contribution in [0.5, 0.6) is 11.5 Å². The van der Waals surface area contributed by atoms with Crippen LogP contribution in [-0.2, 0) is 14.3 Å². The molecule has 1 unspecified atom stereocenters. The Morgan fingerprint density at radius 1 is 1.07 bits per heavy atom. The number of aryl methyl sites for hydroxylation is 1. The summed E-state index contributed by atoms with van der Waals surface area (Å²) in [5.41, 5.74) is 1.18. The van der Waals surface area contributed by atoms with Crippen molar-refractivity contribution in [3.63, 3.8) is 0 Å². The Labute approximate surface area is 237 Å². The van der Waals surface area contributed by atoms with Gasteiger partial charge in [-0.3, -0.25) is 14.5 Å². The van der Waals surface area contributed by atoms with E-state index in [9.17, 15) is 19.5 Å². The number of carbonyl (C=O) groups is 3. The second kappa shape index (κ2) is 12.8. The lowest BCUT2D eigenvalue weighted by molar-refractivity contribution is -0.132. The van der Waals surface area contributed by atoms with E-state index in [1.54, 1.807) is 62.4 Å². The number of anilines is 1. The Morgan fingerprint density at radius 2 is 1.82 bits per heavy atom. The van der Waals surface area contributed by atoms with Crippen LogP contribution in [0.1, 0.15) is 65.6 Å². The Hall–Kier alpha value is -4.18. The van der Waals surface area contributed by atoms with Gasteiger partial charge in [-0.1, -0.05) is 43.2 Å². The van der Waals surface area contributed by atoms with Crippen molar-refractivity contribution < 1.29 is 33.7 Å². The number of ketones is 1. The van der Waals surface area contributed by atoms with Crippen molar-refractivity contribution in [3.8, 4) is 11.5 Å². The molecule has 3 aromatic rings. The number of hydrogen-bond donors (Lipinski definition) is 1. The van der Waals surface area contributed by atoms with Crippen LogP contribution in [-0.4, -0.2) is 48.1 Å². The number of carbonyl (C=O) groups excluding carboxylic acids is 3. The lowest BCUT2D eigenvalue weighted by atomic mass is 9.95. The standard InChI is InChI=1S/C30H32N2O7S/c1-5-7-8-16-39-22-11-9-10-20(17-22)24-23(25(33)19-12-14-21(37-4)15-13-19)26(34)28(35)32(24)30-31-18(3)27(40-30)29(36)38-6-2/h9-15,17,24,33H,5-8,16H2,1-4H3. The number of aliphatic hydroxyl groups is 1. The minimum atomic E-state index is -1.01. The van der Waals surface area contributed by atoms with Gasteiger partial charge in [0.1, 0.15) is 22.1 Å². The van der Waals surface area contributed by atoms with Crippen LogP contribution >= 0.6 is 11.3 Å². The molecule has 0 bridgehead atoms. The molecule has 210 valence electrons. The van der Waals surface area contributed by atoms with Crippen LogP contribution in [0.4, 0.5) is 5.13 Å². The molecule has 1 aliphatic heterocycles. The number of unbranched alkanes of at least 4 members (excludes halogenated alkanes) is 2. The third-order valence-electron chi connectivity index (χ3n) is 6.45. The average Bonchev–Trinajstić information content (AvgIpc) is 3.47. The van der Waals surface area contributed by atoms with Gasteiger partial charge in [0, 0.05) is 5.56 Å². The van der Waals surface area contributed by atoms with Crippen molar-refractivity contribution in [2.45, 2.75) is 46.1 Å². The maximum Gasteiger partial charge on any atom is 0.350 e. The van der Waals surface area contributed by atoms with Crippen molar-refractivity contribution in [1.82, 2.24) is 4.98 Å². The molecule has 0 aliphatic carbocycles. The monoisotopic (exact) mass is 564 g/mol. The number of aromatic nitrogens is 1. The van der Waals surface area contributed by atoms with Gasteiger partial charge in [0.15, 0.2) is 5.13 Å². The first kappa shape index (κ1) is 28.8. The summed E-state index contributed by atoms with van der Waals surface area (Å²) in [6, 6.07) is 12.6. The van der Waals surface area contributed by atoms with Crippen LogP contribution in [0, 0.1) is 6.92 Å². The molecule has 4 rings (SSSR count). The summed E-state index contributed by atoms with van der Waals surface area (Å²) in [5, 5.41) is 11.5. The number of nitrogens with zero attached hydrogens (tertiary/aromatic N) is 2. The Kier molecular flexibility index (Phi) is 9.21. The van der Waals surface area contributed by atoms with E-state index in [1.165, 1.54) is 12.0 Å². The molecule has 1 atom stereocenters. The maximum absolute atomic E-state index is 13.5. The van der Waals surface area contributed by atoms with Gasteiger partial charge in [-0.15, -0.1) is 0 Å². The number of amides is 1. The molecule has 1 fully saturated rings. The van der Waals surface area contributed by atoms with Crippen LogP contribution < -0.4 is 14.4 Å². The Bertz CT molecular complexity index is 1430. The van der Waals surface area contributed by atoms with E-state index in [0.717, 1.165) is 30.6 Å². The second-order valence-electron chi connectivity index (χ2n) is 9.16. The van der Waals surface area contributed by atoms with E-state index in [2.05, 4.69) is 11.9 Å². The molecule has 9 nitrogen and oxygen atoms in total. The van der Waals surface area contributed by atoms with Crippen LogP contribution in [0.2, 0.25) is 0 Å². The second-order valence-corrected chi connectivity index (χ2v) is 10.1. The molecule has 1 aromatic heterocycles. The Balaban J connectivity index is 1.84. The highest BCUT2D eigenvalue weighted by Gasteiger charge is 2.48. The summed E-state index contributed by atoms with van der Waals surface area (Å²) < 4.78 is 16.3. The third kappa shape index (κ3) is 5.86. The minimum Gasteiger partial charge on any atom is -0.507 e. The zero-order valence-corrected chi connectivity index (χ0v) is 23.7. The molecule has 1 aliphatic rings. The van der Waals surface area contributed by atoms with Crippen LogP contribution in [0.25, 0.3) is 5.76 Å². The molecule has 1 saturated heterocycles. The van der Waals surface area contributed by atoms with Crippen LogP contribution in [0.3, 0.4) is 0 Å². The van der Waals surface area contributed by atoms with Gasteiger partial charge in [0.25, 0.3) is 5.78 Å². The molecular formula is C30H32N2O7S. The van der Waals surface area contributed by atoms with Gasteiger partial charge in [0.2, 0.25) is 0 Å². The molecule has 2 aromatic carbocycles. The zero-order chi connectivity index (χ0) is 28.8. The smallest absolute Gasteiger partial charge is 0.350 e. The van der Waals surface area contributed by atoms with Crippen LogP contribution in [0.15, 0.2) is 54.1 Å². The molecule has 10 heteroatoms. The first-order valence-corrected chi connectivity index (χ1v) is 13.9. The number of aliphatic hydroxyl groups excluding tert-OH is 1. The lowest BCUT2D eigenvalue weighted by Crippen LogP contribution is -2.29. The van der Waals surface area contributed by atoms with Gasteiger partial charge in [-0.25, -0.2) is 9.78 Å². The molecule has 40 heavy (non-hydrogen) atoms. The summed E-state index contributed by atoms with van der Waals surface area (Å²) in [4.78, 5) is 45.4. The number of ether oxygens (including phenoxy) is 3. The van der Waals surface area contributed by atoms with Gasteiger partial charge in [-0.2, -0.15) is 0 Å². The van der Waals surface area contributed by atoms with Crippen molar-refractivity contribution in [1.29, 1.82) is 0 Å². The number of Topliss-reactive ketones (excluding diaryl/α,β-unsaturated/α-hetero) is 1. The number of hydrogen-bond acceptors (Lipinski definition) is 9. The predicted molar refractivity (Wildman–Crippen MR) is 152 cm³/mol. The van der Waals surface area contributed by atoms with Gasteiger partial charge < -0.3 is 19.3 Å². The molecule has 1 N–H and O–H groups in total. The summed E-state index contributed by atoms with van der Waals surface area (Å²) in [6.45, 7) is 6.16. The van der Waals surface area contributed by atoms with Crippen molar-refractivity contribution >= 4 is 39.9 Å². The van der Waals surface area contributed by atoms with E-state index < -0.39 is 23.7 Å². The third-order valence-corrected chi connectivity index (χ3v) is 7.59. The van der Waals surface area contributed by atoms with Gasteiger partial charge in [-0.05, 0) is 62.2 Å². The van der Waals surface area contributed by atoms with E-state index in [1.807, 2.05) is 0 Å². The molecule has 0 radical (unpaired) electrons. The first-order chi connectivity index (χ1) is 19.3. The van der Waals surface area contributed by atoms with E-state index in [-0.39, 0.29) is 27.9 Å². The Morgan fingerprint density at radius 3 is 2.50 bits per heavy atom. The molecule has 0 spiro atoms. The minimum absolute atomic E-state index is 0.0937. The van der Waals surface area contributed by atoms with Gasteiger partial charge in [0.05, 0.1) is 37.6 Å². The number of thiazole rings is 1. The summed E-state index contributed by atoms with van der Waals surface area (Å²) >= 11 is 0.962. The normalized spacial score (nSPS) is 16.3. The summed E-state index contributed by atoms with van der Waals surface area (Å²) in [5.74, 6) is -1.46. The molecule has 2 heterocycles. The van der Waals surface area contributed by atoms with Crippen molar-refractivity contribution in [3.05, 3.63) is 75.8 Å². The first-order valence-electron chi connectivity index (χ1n) is 13.1. The number of methoxy groups -OCH3 is 1. The maximum atomic E-state index is 13.5. The highest BCUT2D eigenvalue weighted by molar-refractivity contribution is 7.17. The quantitative estimate of drug-likeness (QED) is 0.102. The summed E-state index contributed by atoms with van der Waals surface area (Å²) in [6.07, 6.45) is 2.99. The summed E-state index contributed by atoms with van der Waals surface area (Å²) in [7, 11) is 1.53.